The van der Waals surface area contributed by atoms with Gasteiger partial charge in [0.25, 0.3) is 0 Å². The zero-order valence-electron chi connectivity index (χ0n) is 14.6. The molecule has 1 heterocycles. The molecule has 6 heteroatoms. The summed E-state index contributed by atoms with van der Waals surface area (Å²) >= 11 is 3.37. The Labute approximate surface area is 169 Å². The van der Waals surface area contributed by atoms with Crippen molar-refractivity contribution in [3.05, 3.63) is 82.8 Å². The molecule has 5 nitrogen and oxygen atoms in total. The van der Waals surface area contributed by atoms with Gasteiger partial charge in [-0.05, 0) is 48.0 Å². The predicted octanol–water partition coefficient (Wildman–Crippen LogP) is 5.61. The van der Waals surface area contributed by atoms with Gasteiger partial charge in [0.1, 0.15) is 11.3 Å². The van der Waals surface area contributed by atoms with Crippen molar-refractivity contribution in [2.45, 2.75) is 0 Å². The molecule has 28 heavy (non-hydrogen) atoms. The van der Waals surface area contributed by atoms with Crippen LogP contribution in [0.25, 0.3) is 28.6 Å². The summed E-state index contributed by atoms with van der Waals surface area (Å²) in [5, 5.41) is 13.1. The lowest BCUT2D eigenvalue weighted by atomic mass is 10.1. The topological polar surface area (TPSA) is 75.4 Å². The summed E-state index contributed by atoms with van der Waals surface area (Å²) in [6.45, 7) is 0. The van der Waals surface area contributed by atoms with Gasteiger partial charge < -0.3 is 14.8 Å². The first kappa shape index (κ1) is 18.0. The van der Waals surface area contributed by atoms with Gasteiger partial charge >= 0.3 is 0 Å². The van der Waals surface area contributed by atoms with Gasteiger partial charge in [0.15, 0.2) is 5.58 Å². The number of hydrogen-bond acceptors (Lipinski definition) is 4. The average molecular weight is 435 g/mol. The summed E-state index contributed by atoms with van der Waals surface area (Å²) in [4.78, 5) is 16.5. The molecule has 0 atom stereocenters. The van der Waals surface area contributed by atoms with Crippen LogP contribution in [0, 0.1) is 0 Å². The zero-order chi connectivity index (χ0) is 19.5. The minimum absolute atomic E-state index is 0.0266. The Morgan fingerprint density at radius 1 is 1.07 bits per heavy atom. The number of anilines is 1. The van der Waals surface area contributed by atoms with E-state index in [1.54, 1.807) is 18.2 Å². The van der Waals surface area contributed by atoms with Crippen LogP contribution in [0.3, 0.4) is 0 Å². The number of phenols is 1. The molecule has 0 bridgehead atoms. The van der Waals surface area contributed by atoms with E-state index in [0.717, 1.165) is 10.0 Å². The van der Waals surface area contributed by atoms with E-state index in [-0.39, 0.29) is 11.7 Å². The second-order valence-electron chi connectivity index (χ2n) is 6.09. The SMILES string of the molecule is O=C(/C=C/c1ccc(Br)cc1)Nc1ccc(-c2nc3ccccc3o2)c(O)c1. The molecule has 1 aromatic heterocycles. The van der Waals surface area contributed by atoms with Crippen LogP contribution in [0.2, 0.25) is 0 Å². The van der Waals surface area contributed by atoms with E-state index in [0.29, 0.717) is 28.2 Å². The quantitative estimate of drug-likeness (QED) is 0.409. The van der Waals surface area contributed by atoms with Crippen LogP contribution in [-0.4, -0.2) is 16.0 Å². The van der Waals surface area contributed by atoms with Crippen LogP contribution in [0.15, 0.2) is 81.7 Å². The van der Waals surface area contributed by atoms with Gasteiger partial charge in [-0.3, -0.25) is 4.79 Å². The number of benzene rings is 3. The van der Waals surface area contributed by atoms with Crippen LogP contribution in [0.1, 0.15) is 5.56 Å². The number of fused-ring (bicyclic) bond motifs is 1. The number of aromatic hydroxyl groups is 1. The van der Waals surface area contributed by atoms with Crippen LogP contribution in [0.5, 0.6) is 5.75 Å². The molecule has 0 saturated heterocycles. The fourth-order valence-electron chi connectivity index (χ4n) is 2.71. The summed E-state index contributed by atoms with van der Waals surface area (Å²) in [7, 11) is 0. The number of nitrogens with one attached hydrogen (secondary N) is 1. The lowest BCUT2D eigenvalue weighted by molar-refractivity contribution is -0.111. The first-order chi connectivity index (χ1) is 13.6. The molecule has 0 radical (unpaired) electrons. The van der Waals surface area contributed by atoms with E-state index in [2.05, 4.69) is 26.2 Å². The van der Waals surface area contributed by atoms with Crippen molar-refractivity contribution in [1.29, 1.82) is 0 Å². The third kappa shape index (κ3) is 3.97. The van der Waals surface area contributed by atoms with Crippen molar-refractivity contribution in [2.24, 2.45) is 0 Å². The Kier molecular flexibility index (Phi) is 4.95. The van der Waals surface area contributed by atoms with Crippen LogP contribution >= 0.6 is 15.9 Å². The van der Waals surface area contributed by atoms with Gasteiger partial charge in [0, 0.05) is 22.3 Å². The Morgan fingerprint density at radius 3 is 2.61 bits per heavy atom. The van der Waals surface area contributed by atoms with E-state index in [1.807, 2.05) is 48.5 Å². The summed E-state index contributed by atoms with van der Waals surface area (Å²) in [5.74, 6) is 0.00452. The Morgan fingerprint density at radius 2 is 1.86 bits per heavy atom. The number of amides is 1. The van der Waals surface area contributed by atoms with Gasteiger partial charge in [0.2, 0.25) is 11.8 Å². The molecule has 0 saturated carbocycles. The highest BCUT2D eigenvalue weighted by Crippen LogP contribution is 2.33. The maximum Gasteiger partial charge on any atom is 0.248 e. The Bertz CT molecular complexity index is 1150. The fourth-order valence-corrected chi connectivity index (χ4v) is 2.97. The molecule has 3 aromatic carbocycles. The second kappa shape index (κ2) is 7.70. The fraction of sp³-hybridized carbons (Fsp3) is 0. The normalized spacial score (nSPS) is 11.2. The summed E-state index contributed by atoms with van der Waals surface area (Å²) in [5.41, 5.74) is 3.20. The molecule has 0 unspecified atom stereocenters. The van der Waals surface area contributed by atoms with Gasteiger partial charge in [-0.2, -0.15) is 0 Å². The van der Waals surface area contributed by atoms with Gasteiger partial charge in [0.05, 0.1) is 5.56 Å². The number of aromatic nitrogens is 1. The highest BCUT2D eigenvalue weighted by atomic mass is 79.9. The molecule has 0 fully saturated rings. The monoisotopic (exact) mass is 434 g/mol. The molecule has 1 amide bonds. The smallest absolute Gasteiger partial charge is 0.248 e. The van der Waals surface area contributed by atoms with Crippen molar-refractivity contribution < 1.29 is 14.3 Å². The number of carbonyl (C=O) groups is 1. The first-order valence-electron chi connectivity index (χ1n) is 8.52. The Hall–Kier alpha value is -3.38. The summed E-state index contributed by atoms with van der Waals surface area (Å²) in [6.07, 6.45) is 3.16. The molecular formula is C22H15BrN2O3. The van der Waals surface area contributed by atoms with Crippen molar-refractivity contribution in [3.63, 3.8) is 0 Å². The van der Waals surface area contributed by atoms with E-state index < -0.39 is 0 Å². The minimum Gasteiger partial charge on any atom is -0.507 e. The molecule has 0 aliphatic carbocycles. The number of carbonyl (C=O) groups excluding carboxylic acids is 1. The lowest BCUT2D eigenvalue weighted by Crippen LogP contribution is -2.07. The second-order valence-corrected chi connectivity index (χ2v) is 7.01. The van der Waals surface area contributed by atoms with Gasteiger partial charge in [-0.25, -0.2) is 4.98 Å². The minimum atomic E-state index is -0.295. The van der Waals surface area contributed by atoms with Crippen LogP contribution in [-0.2, 0) is 4.79 Å². The van der Waals surface area contributed by atoms with Crippen LogP contribution in [0.4, 0.5) is 5.69 Å². The molecular weight excluding hydrogens is 420 g/mol. The van der Waals surface area contributed by atoms with E-state index in [4.69, 9.17) is 4.42 Å². The molecule has 2 N–H and O–H groups in total. The Balaban J connectivity index is 1.49. The summed E-state index contributed by atoms with van der Waals surface area (Å²) in [6, 6.07) is 19.8. The van der Waals surface area contributed by atoms with Crippen molar-refractivity contribution in [1.82, 2.24) is 4.98 Å². The number of hydrogen-bond donors (Lipinski definition) is 2. The van der Waals surface area contributed by atoms with E-state index >= 15 is 0 Å². The highest BCUT2D eigenvalue weighted by molar-refractivity contribution is 9.10. The van der Waals surface area contributed by atoms with E-state index in [9.17, 15) is 9.90 Å². The maximum absolute atomic E-state index is 12.1. The number of phenolic OH excluding ortho intramolecular Hbond substituents is 1. The molecule has 138 valence electrons. The third-order valence-corrected chi connectivity index (χ3v) is 4.62. The maximum atomic E-state index is 12.1. The van der Waals surface area contributed by atoms with E-state index in [1.165, 1.54) is 12.1 Å². The molecule has 4 rings (SSSR count). The number of nitrogens with zero attached hydrogens (tertiary/aromatic N) is 1. The molecule has 0 aliphatic heterocycles. The average Bonchev–Trinajstić information content (AvgIpc) is 3.11. The number of oxazole rings is 1. The standard InChI is InChI=1S/C22H15BrN2O3/c23-15-8-5-14(6-9-15)7-12-21(27)24-16-10-11-17(19(26)13-16)22-25-18-3-1-2-4-20(18)28-22/h1-13,26H,(H,24,27)/b12-7+. The number of halogens is 1. The zero-order valence-corrected chi connectivity index (χ0v) is 16.2. The largest absolute Gasteiger partial charge is 0.507 e. The first-order valence-corrected chi connectivity index (χ1v) is 9.31. The third-order valence-electron chi connectivity index (χ3n) is 4.09. The van der Waals surface area contributed by atoms with Crippen LogP contribution < -0.4 is 5.32 Å². The molecule has 0 spiro atoms. The molecule has 4 aromatic rings. The summed E-state index contributed by atoms with van der Waals surface area (Å²) < 4.78 is 6.65. The molecule has 0 aliphatic rings. The lowest BCUT2D eigenvalue weighted by Gasteiger charge is -2.05. The number of rotatable bonds is 4. The highest BCUT2D eigenvalue weighted by Gasteiger charge is 2.13. The van der Waals surface area contributed by atoms with Crippen molar-refractivity contribution in [3.8, 4) is 17.2 Å². The number of para-hydroxylation sites is 2. The van der Waals surface area contributed by atoms with Crippen molar-refractivity contribution in [2.75, 3.05) is 5.32 Å². The van der Waals surface area contributed by atoms with Gasteiger partial charge in [-0.1, -0.05) is 40.2 Å². The van der Waals surface area contributed by atoms with Crippen molar-refractivity contribution >= 4 is 44.7 Å². The van der Waals surface area contributed by atoms with Gasteiger partial charge in [-0.15, -0.1) is 0 Å². The predicted molar refractivity (Wildman–Crippen MR) is 113 cm³/mol.